The van der Waals surface area contributed by atoms with Crippen molar-refractivity contribution in [1.29, 1.82) is 0 Å². The van der Waals surface area contributed by atoms with E-state index in [0.29, 0.717) is 6.26 Å². The molecule has 0 aliphatic carbocycles. The Balaban J connectivity index is 0. The third kappa shape index (κ3) is 4.19. The number of hydrogen-bond acceptors (Lipinski definition) is 3. The number of carbonyl (C=O) groups excluding carboxylic acids is 1. The second-order valence-electron chi connectivity index (χ2n) is 1.54. The SMILES string of the molecule is CS(=O)(=O)NC(=O)C(F)F.[HH]. The molecule has 0 aromatic carbocycles. The molecule has 0 radical (unpaired) electrons. The topological polar surface area (TPSA) is 63.2 Å². The summed E-state index contributed by atoms with van der Waals surface area (Å²) in [6.45, 7) is 0. The molecule has 10 heavy (non-hydrogen) atoms. The second-order valence-corrected chi connectivity index (χ2v) is 3.29. The van der Waals surface area contributed by atoms with Crippen molar-refractivity contribution in [2.45, 2.75) is 6.43 Å². The maximum atomic E-state index is 11.3. The van der Waals surface area contributed by atoms with Gasteiger partial charge in [0.05, 0.1) is 6.26 Å². The highest BCUT2D eigenvalue weighted by Gasteiger charge is 2.18. The lowest BCUT2D eigenvalue weighted by Crippen LogP contribution is -2.34. The van der Waals surface area contributed by atoms with Crippen LogP contribution < -0.4 is 4.72 Å². The quantitative estimate of drug-likeness (QED) is 0.619. The fourth-order valence-electron chi connectivity index (χ4n) is 0.227. The van der Waals surface area contributed by atoms with Crippen molar-refractivity contribution in [1.82, 2.24) is 4.72 Å². The van der Waals surface area contributed by atoms with Gasteiger partial charge in [-0.15, -0.1) is 0 Å². The summed E-state index contributed by atoms with van der Waals surface area (Å²) in [7, 11) is -3.85. The first-order valence-electron chi connectivity index (χ1n) is 2.12. The molecular weight excluding hydrogens is 168 g/mol. The summed E-state index contributed by atoms with van der Waals surface area (Å²) in [5.74, 6) is -1.80. The van der Waals surface area contributed by atoms with Gasteiger partial charge in [-0.25, -0.2) is 13.1 Å². The molecular formula is C3H7F2NO3S. The van der Waals surface area contributed by atoms with Gasteiger partial charge in [-0.2, -0.15) is 8.78 Å². The fraction of sp³-hybridized carbons (Fsp3) is 0.667. The molecule has 0 heterocycles. The van der Waals surface area contributed by atoms with Gasteiger partial charge in [-0.05, 0) is 0 Å². The Hall–Kier alpha value is -0.720. The van der Waals surface area contributed by atoms with Crippen molar-refractivity contribution >= 4 is 15.9 Å². The summed E-state index contributed by atoms with van der Waals surface area (Å²) >= 11 is 0. The summed E-state index contributed by atoms with van der Waals surface area (Å²) in [6.07, 6.45) is -2.68. The number of amides is 1. The molecule has 0 rings (SSSR count). The average Bonchev–Trinajstić information content (AvgIpc) is 1.60. The summed E-state index contributed by atoms with van der Waals surface area (Å²) in [4.78, 5) is 9.92. The van der Waals surface area contributed by atoms with Crippen LogP contribution in [0, 0.1) is 0 Å². The largest absolute Gasteiger partial charge is 0.316 e. The summed E-state index contributed by atoms with van der Waals surface area (Å²) in [6, 6.07) is 0. The van der Waals surface area contributed by atoms with Crippen molar-refractivity contribution in [3.8, 4) is 0 Å². The maximum absolute atomic E-state index is 11.3. The average molecular weight is 175 g/mol. The van der Waals surface area contributed by atoms with Gasteiger partial charge in [-0.3, -0.25) is 4.79 Å². The standard InChI is InChI=1S/C3H5F2NO3S.H2/c1-10(8,9)6-3(7)2(4)5;/h2H,1H3,(H,6,7);1H. The van der Waals surface area contributed by atoms with Gasteiger partial charge in [-0.1, -0.05) is 0 Å². The van der Waals surface area contributed by atoms with Crippen molar-refractivity contribution in [2.24, 2.45) is 0 Å². The molecule has 0 aromatic rings. The number of hydrogen-bond donors (Lipinski definition) is 1. The van der Waals surface area contributed by atoms with E-state index in [4.69, 9.17) is 0 Å². The van der Waals surface area contributed by atoms with E-state index in [1.807, 2.05) is 0 Å². The number of nitrogens with one attached hydrogen (secondary N) is 1. The lowest BCUT2D eigenvalue weighted by Gasteiger charge is -1.98. The zero-order valence-corrected chi connectivity index (χ0v) is 5.78. The van der Waals surface area contributed by atoms with Gasteiger partial charge in [0, 0.05) is 1.43 Å². The number of halogens is 2. The molecule has 0 atom stereocenters. The predicted molar refractivity (Wildman–Crippen MR) is 31.1 cm³/mol. The van der Waals surface area contributed by atoms with Crippen LogP contribution in [-0.2, 0) is 14.8 Å². The van der Waals surface area contributed by atoms with Crippen molar-refractivity contribution < 1.29 is 23.4 Å². The van der Waals surface area contributed by atoms with Crippen LogP contribution in [0.4, 0.5) is 8.78 Å². The minimum Gasteiger partial charge on any atom is -0.267 e. The van der Waals surface area contributed by atoms with Crippen LogP contribution in [0.15, 0.2) is 0 Å². The van der Waals surface area contributed by atoms with Crippen LogP contribution in [0.25, 0.3) is 0 Å². The molecule has 0 aliphatic heterocycles. The molecule has 0 aliphatic rings. The van der Waals surface area contributed by atoms with E-state index in [0.717, 1.165) is 4.72 Å². The van der Waals surface area contributed by atoms with E-state index in [2.05, 4.69) is 0 Å². The van der Waals surface area contributed by atoms with E-state index in [1.54, 1.807) is 0 Å². The van der Waals surface area contributed by atoms with Crippen molar-refractivity contribution in [3.63, 3.8) is 0 Å². The van der Waals surface area contributed by atoms with Crippen LogP contribution >= 0.6 is 0 Å². The van der Waals surface area contributed by atoms with Gasteiger partial charge in [0.1, 0.15) is 0 Å². The number of carbonyl (C=O) groups is 1. The lowest BCUT2D eigenvalue weighted by molar-refractivity contribution is -0.129. The Bertz CT molecular complexity index is 227. The first kappa shape index (κ1) is 9.28. The Morgan fingerprint density at radius 2 is 2.00 bits per heavy atom. The van der Waals surface area contributed by atoms with E-state index in [-0.39, 0.29) is 1.43 Å². The molecule has 1 amide bonds. The Morgan fingerprint density at radius 3 is 2.10 bits per heavy atom. The Morgan fingerprint density at radius 1 is 1.60 bits per heavy atom. The van der Waals surface area contributed by atoms with Crippen molar-refractivity contribution in [2.75, 3.05) is 6.26 Å². The number of rotatable bonds is 2. The summed E-state index contributed by atoms with van der Waals surface area (Å²) < 4.78 is 43.8. The monoisotopic (exact) mass is 175 g/mol. The van der Waals surface area contributed by atoms with Crippen LogP contribution in [0.1, 0.15) is 1.43 Å². The third-order valence-corrected chi connectivity index (χ3v) is 1.06. The van der Waals surface area contributed by atoms with E-state index in [9.17, 15) is 22.0 Å². The molecule has 0 saturated heterocycles. The second kappa shape index (κ2) is 2.91. The first-order chi connectivity index (χ1) is 4.33. The normalized spacial score (nSPS) is 11.6. The predicted octanol–water partition coefficient (Wildman–Crippen LogP) is -0.427. The van der Waals surface area contributed by atoms with Crippen LogP contribution in [0.5, 0.6) is 0 Å². The number of alkyl halides is 2. The Labute approximate surface area is 57.8 Å². The molecule has 62 valence electrons. The smallest absolute Gasteiger partial charge is 0.267 e. The zero-order valence-electron chi connectivity index (χ0n) is 4.97. The zero-order chi connectivity index (χ0) is 8.36. The highest BCUT2D eigenvalue weighted by atomic mass is 32.2. The highest BCUT2D eigenvalue weighted by Crippen LogP contribution is 1.91. The molecule has 0 spiro atoms. The van der Waals surface area contributed by atoms with Gasteiger partial charge >= 0.3 is 12.3 Å². The third-order valence-electron chi connectivity index (χ3n) is 0.484. The van der Waals surface area contributed by atoms with Crippen LogP contribution in [-0.4, -0.2) is 27.0 Å². The van der Waals surface area contributed by atoms with Crippen LogP contribution in [0.3, 0.4) is 0 Å². The van der Waals surface area contributed by atoms with Gasteiger partial charge in [0.2, 0.25) is 10.0 Å². The summed E-state index contributed by atoms with van der Waals surface area (Å²) in [5, 5.41) is 0. The van der Waals surface area contributed by atoms with E-state index < -0.39 is 22.4 Å². The van der Waals surface area contributed by atoms with E-state index in [1.165, 1.54) is 0 Å². The van der Waals surface area contributed by atoms with E-state index >= 15 is 0 Å². The van der Waals surface area contributed by atoms with Gasteiger partial charge < -0.3 is 0 Å². The lowest BCUT2D eigenvalue weighted by atomic mass is 10.7. The maximum Gasteiger partial charge on any atom is 0.316 e. The molecule has 0 aromatic heterocycles. The van der Waals surface area contributed by atoms with Gasteiger partial charge in [0.15, 0.2) is 0 Å². The molecule has 7 heteroatoms. The molecule has 1 N–H and O–H groups in total. The molecule has 0 fully saturated rings. The van der Waals surface area contributed by atoms with Gasteiger partial charge in [0.25, 0.3) is 0 Å². The molecule has 0 saturated carbocycles. The molecule has 0 bridgehead atoms. The van der Waals surface area contributed by atoms with Crippen molar-refractivity contribution in [3.05, 3.63) is 0 Å². The molecule has 4 nitrogen and oxygen atoms in total. The first-order valence-corrected chi connectivity index (χ1v) is 4.02. The highest BCUT2D eigenvalue weighted by molar-refractivity contribution is 7.89. The Kier molecular flexibility index (Phi) is 2.70. The molecule has 0 unspecified atom stereocenters. The number of sulfonamides is 1. The van der Waals surface area contributed by atoms with Crippen LogP contribution in [0.2, 0.25) is 0 Å². The fourth-order valence-corrected chi connectivity index (χ4v) is 0.682. The minimum absolute atomic E-state index is 0. The minimum atomic E-state index is -3.85. The summed E-state index contributed by atoms with van der Waals surface area (Å²) in [5.41, 5.74) is 0.